The minimum Gasteiger partial charge on any atom is -0.0686 e. The Kier molecular flexibility index (Phi) is 3.01. The van der Waals surface area contributed by atoms with Crippen molar-refractivity contribution in [2.24, 2.45) is 11.8 Å². The van der Waals surface area contributed by atoms with Crippen molar-refractivity contribution in [2.75, 3.05) is 0 Å². The summed E-state index contributed by atoms with van der Waals surface area (Å²) in [5.74, 6) is 3.98. The fourth-order valence-corrected chi connectivity index (χ4v) is 3.38. The van der Waals surface area contributed by atoms with Crippen LogP contribution in [0.25, 0.3) is 0 Å². The second kappa shape index (κ2) is 4.06. The maximum Gasteiger partial charge on any atom is 0.118 e. The van der Waals surface area contributed by atoms with Gasteiger partial charge in [0.1, 0.15) is 7.28 Å². The molecule has 2 aliphatic heterocycles. The largest absolute Gasteiger partial charge is 0.118 e. The fourth-order valence-electron chi connectivity index (χ4n) is 3.38. The van der Waals surface area contributed by atoms with Crippen molar-refractivity contribution < 1.29 is 0 Å². The minimum atomic E-state index is 0.959. The van der Waals surface area contributed by atoms with Crippen molar-refractivity contribution in [1.29, 1.82) is 0 Å². The van der Waals surface area contributed by atoms with Gasteiger partial charge in [0.2, 0.25) is 0 Å². The first-order valence-electron chi connectivity index (χ1n) is 6.16. The molecule has 2 aliphatic rings. The van der Waals surface area contributed by atoms with Gasteiger partial charge in [-0.05, 0) is 11.8 Å². The summed E-state index contributed by atoms with van der Waals surface area (Å²) in [5.41, 5.74) is 0. The van der Waals surface area contributed by atoms with Gasteiger partial charge in [-0.1, -0.05) is 64.0 Å². The van der Waals surface area contributed by atoms with E-state index in [1.165, 1.54) is 38.5 Å². The zero-order valence-corrected chi connectivity index (χ0v) is 9.13. The highest BCUT2D eigenvalue weighted by molar-refractivity contribution is 6.40. The molecule has 0 N–H and O–H groups in total. The van der Waals surface area contributed by atoms with Gasteiger partial charge in [-0.15, -0.1) is 0 Å². The predicted molar refractivity (Wildman–Crippen MR) is 59.3 cm³/mol. The highest BCUT2D eigenvalue weighted by Crippen LogP contribution is 2.47. The van der Waals surface area contributed by atoms with Gasteiger partial charge in [0.25, 0.3) is 0 Å². The molecule has 2 fully saturated rings. The van der Waals surface area contributed by atoms with E-state index in [0.717, 1.165) is 23.5 Å². The average molecular weight is 177 g/mol. The van der Waals surface area contributed by atoms with Crippen LogP contribution in [-0.4, -0.2) is 7.28 Å². The van der Waals surface area contributed by atoms with Gasteiger partial charge in [-0.3, -0.25) is 0 Å². The van der Waals surface area contributed by atoms with Crippen molar-refractivity contribution in [2.45, 2.75) is 64.0 Å². The molecule has 4 unspecified atom stereocenters. The molecular weight excluding hydrogens is 155 g/mol. The number of fused-ring (bicyclic) bond motifs is 2. The third-order valence-corrected chi connectivity index (χ3v) is 4.43. The van der Waals surface area contributed by atoms with E-state index in [-0.39, 0.29) is 0 Å². The highest BCUT2D eigenvalue weighted by Gasteiger charge is 2.35. The van der Waals surface area contributed by atoms with Gasteiger partial charge in [0.15, 0.2) is 0 Å². The lowest BCUT2D eigenvalue weighted by molar-refractivity contribution is 0.253. The van der Waals surface area contributed by atoms with Crippen LogP contribution in [0.15, 0.2) is 0 Å². The van der Waals surface area contributed by atoms with E-state index >= 15 is 0 Å². The quantitative estimate of drug-likeness (QED) is 0.561. The summed E-state index contributed by atoms with van der Waals surface area (Å²) in [4.78, 5) is 0. The van der Waals surface area contributed by atoms with Gasteiger partial charge >= 0.3 is 0 Å². The molecule has 0 aromatic carbocycles. The lowest BCUT2D eigenvalue weighted by Gasteiger charge is -2.42. The maximum absolute atomic E-state index is 2.70. The van der Waals surface area contributed by atoms with Gasteiger partial charge < -0.3 is 0 Å². The summed E-state index contributed by atoms with van der Waals surface area (Å²) < 4.78 is 0. The van der Waals surface area contributed by atoms with Crippen molar-refractivity contribution in [3.05, 3.63) is 0 Å². The van der Waals surface area contributed by atoms with Crippen LogP contribution >= 0.6 is 0 Å². The van der Waals surface area contributed by atoms with Crippen LogP contribution in [0.1, 0.15) is 52.4 Å². The van der Waals surface area contributed by atoms with Crippen LogP contribution in [-0.2, 0) is 0 Å². The van der Waals surface area contributed by atoms with Gasteiger partial charge in [-0.2, -0.15) is 0 Å². The van der Waals surface area contributed by atoms with Crippen molar-refractivity contribution in [1.82, 2.24) is 0 Å². The molecule has 2 rings (SSSR count). The first-order valence-corrected chi connectivity index (χ1v) is 6.16. The molecular formula is C12H22B. The van der Waals surface area contributed by atoms with Gasteiger partial charge in [-0.25, -0.2) is 0 Å². The maximum atomic E-state index is 2.70. The molecule has 4 atom stereocenters. The van der Waals surface area contributed by atoms with E-state index in [2.05, 4.69) is 21.1 Å². The smallest absolute Gasteiger partial charge is 0.0686 e. The van der Waals surface area contributed by atoms with Crippen LogP contribution < -0.4 is 0 Å². The normalized spacial score (nSPS) is 40.9. The number of hydrogen-bond acceptors (Lipinski definition) is 0. The molecule has 0 spiro atoms. The Morgan fingerprint density at radius 3 is 2.85 bits per heavy atom. The second-order valence-electron chi connectivity index (χ2n) is 5.17. The Balaban J connectivity index is 1.97. The Morgan fingerprint density at radius 1 is 1.23 bits per heavy atom. The molecule has 13 heavy (non-hydrogen) atoms. The summed E-state index contributed by atoms with van der Waals surface area (Å²) in [6.07, 6.45) is 8.86. The minimum absolute atomic E-state index is 0.959. The van der Waals surface area contributed by atoms with E-state index in [1.807, 2.05) is 0 Å². The first-order chi connectivity index (χ1) is 6.31. The summed E-state index contributed by atoms with van der Waals surface area (Å²) in [5, 5.41) is 0. The molecule has 0 aliphatic carbocycles. The SMILES string of the molecule is CCC(C)C1CCC2[B]C1CCC2. The molecule has 2 heterocycles. The molecule has 0 amide bonds. The van der Waals surface area contributed by atoms with Crippen LogP contribution in [0.5, 0.6) is 0 Å². The molecule has 2 saturated heterocycles. The summed E-state index contributed by atoms with van der Waals surface area (Å²) in [6.45, 7) is 4.80. The Hall–Kier alpha value is 0.0649. The third-order valence-electron chi connectivity index (χ3n) is 4.43. The number of hydrogen-bond donors (Lipinski definition) is 0. The standard InChI is InChI=1S/C12H22B/c1-3-9(2)11-8-7-10-5-4-6-12(11)13-10/h9-12H,3-8H2,1-2H3. The Morgan fingerprint density at radius 2 is 2.08 bits per heavy atom. The topological polar surface area (TPSA) is 0 Å². The molecule has 0 nitrogen and oxygen atoms in total. The zero-order valence-electron chi connectivity index (χ0n) is 9.13. The van der Waals surface area contributed by atoms with Crippen molar-refractivity contribution in [3.8, 4) is 0 Å². The predicted octanol–water partition coefficient (Wildman–Crippen LogP) is 3.91. The van der Waals surface area contributed by atoms with Crippen LogP contribution in [0, 0.1) is 11.8 Å². The molecule has 0 aromatic rings. The fraction of sp³-hybridized carbons (Fsp3) is 1.00. The summed E-state index contributed by atoms with van der Waals surface area (Å²) in [6, 6.07) is 0. The number of rotatable bonds is 2. The van der Waals surface area contributed by atoms with E-state index in [4.69, 9.17) is 0 Å². The highest BCUT2D eigenvalue weighted by atomic mass is 14.3. The van der Waals surface area contributed by atoms with Crippen molar-refractivity contribution in [3.63, 3.8) is 0 Å². The molecule has 2 bridgehead atoms. The summed E-state index contributed by atoms with van der Waals surface area (Å²) >= 11 is 0. The molecule has 0 aromatic heterocycles. The zero-order chi connectivity index (χ0) is 9.26. The molecule has 1 radical (unpaired) electrons. The van der Waals surface area contributed by atoms with Gasteiger partial charge in [0.05, 0.1) is 0 Å². The molecule has 73 valence electrons. The third kappa shape index (κ3) is 1.95. The van der Waals surface area contributed by atoms with Crippen LogP contribution in [0.4, 0.5) is 0 Å². The van der Waals surface area contributed by atoms with Crippen molar-refractivity contribution >= 4 is 7.28 Å². The Bertz CT molecular complexity index is 167. The van der Waals surface area contributed by atoms with E-state index in [9.17, 15) is 0 Å². The van der Waals surface area contributed by atoms with Crippen LogP contribution in [0.3, 0.4) is 0 Å². The lowest BCUT2D eigenvalue weighted by atomic mass is 9.40. The first kappa shape index (κ1) is 9.61. The monoisotopic (exact) mass is 177 g/mol. The van der Waals surface area contributed by atoms with E-state index in [0.29, 0.717) is 0 Å². The summed E-state index contributed by atoms with van der Waals surface area (Å²) in [7, 11) is 2.70. The Labute approximate surface area is 83.7 Å². The second-order valence-corrected chi connectivity index (χ2v) is 5.17. The average Bonchev–Trinajstić information content (AvgIpc) is 2.18. The van der Waals surface area contributed by atoms with E-state index in [1.54, 1.807) is 0 Å². The van der Waals surface area contributed by atoms with Crippen LogP contribution in [0.2, 0.25) is 11.6 Å². The van der Waals surface area contributed by atoms with Gasteiger partial charge in [0, 0.05) is 0 Å². The lowest BCUT2D eigenvalue weighted by Crippen LogP contribution is -2.32. The molecule has 1 heteroatoms. The molecule has 0 saturated carbocycles. The van der Waals surface area contributed by atoms with E-state index < -0.39 is 0 Å².